The third-order valence-electron chi connectivity index (χ3n) is 4.24. The van der Waals surface area contributed by atoms with Gasteiger partial charge in [0.05, 0.1) is 24.1 Å². The van der Waals surface area contributed by atoms with Crippen LogP contribution in [0, 0.1) is 0 Å². The van der Waals surface area contributed by atoms with Crippen LogP contribution >= 0.6 is 11.6 Å². The molecule has 0 aliphatic rings. The number of halogens is 4. The Morgan fingerprint density at radius 2 is 1.94 bits per heavy atom. The van der Waals surface area contributed by atoms with E-state index >= 15 is 0 Å². The predicted octanol–water partition coefficient (Wildman–Crippen LogP) is 4.50. The molecule has 31 heavy (non-hydrogen) atoms. The monoisotopic (exact) mass is 453 g/mol. The van der Waals surface area contributed by atoms with E-state index in [0.717, 1.165) is 6.20 Å². The molecule has 0 aliphatic carbocycles. The van der Waals surface area contributed by atoms with Gasteiger partial charge in [-0.15, -0.1) is 0 Å². The minimum Gasteiger partial charge on any atom is -0.491 e. The molecular weight excluding hydrogens is 435 g/mol. The molecule has 0 bridgehead atoms. The van der Waals surface area contributed by atoms with E-state index in [1.54, 1.807) is 31.4 Å². The van der Waals surface area contributed by atoms with Gasteiger partial charge in [-0.3, -0.25) is 4.79 Å². The van der Waals surface area contributed by atoms with E-state index in [2.05, 4.69) is 10.4 Å². The van der Waals surface area contributed by atoms with Gasteiger partial charge in [-0.05, 0) is 35.9 Å². The predicted molar refractivity (Wildman–Crippen MR) is 109 cm³/mol. The first kappa shape index (κ1) is 22.6. The zero-order chi connectivity index (χ0) is 22.4. The lowest BCUT2D eigenvalue weighted by molar-refractivity contribution is -0.143. The average Bonchev–Trinajstić information content (AvgIpc) is 3.19. The van der Waals surface area contributed by atoms with Crippen molar-refractivity contribution in [2.24, 2.45) is 0 Å². The molecule has 0 saturated carbocycles. The average molecular weight is 454 g/mol. The highest BCUT2D eigenvalue weighted by atomic mass is 35.5. The minimum atomic E-state index is -4.80. The summed E-state index contributed by atoms with van der Waals surface area (Å²) in [5, 5.41) is 6.52. The largest absolute Gasteiger partial charge is 0.491 e. The molecule has 0 unspecified atom stereocenters. The van der Waals surface area contributed by atoms with Crippen LogP contribution in [-0.4, -0.2) is 36.0 Å². The van der Waals surface area contributed by atoms with Crippen LogP contribution in [0.3, 0.4) is 0 Å². The Hall–Kier alpha value is -3.04. The fourth-order valence-corrected chi connectivity index (χ4v) is 3.04. The first-order valence-electron chi connectivity index (χ1n) is 9.19. The third kappa shape index (κ3) is 5.77. The highest BCUT2D eigenvalue weighted by Crippen LogP contribution is 2.34. The molecular formula is C21H19ClF3N3O3. The Kier molecular flexibility index (Phi) is 7.19. The molecule has 0 fully saturated rings. The number of hydrogen-bond donors (Lipinski definition) is 1. The van der Waals surface area contributed by atoms with Gasteiger partial charge < -0.3 is 14.8 Å². The summed E-state index contributed by atoms with van der Waals surface area (Å²) in [6, 6.07) is 12.7. The molecule has 0 radical (unpaired) electrons. The summed E-state index contributed by atoms with van der Waals surface area (Å²) in [5.41, 5.74) is -0.997. The number of hydrogen-bond acceptors (Lipinski definition) is 4. The number of alkyl halides is 3. The Morgan fingerprint density at radius 1 is 1.16 bits per heavy atom. The zero-order valence-corrected chi connectivity index (χ0v) is 17.2. The standard InChI is InChI=1S/C21H19ClF3N3O3/c1-30-8-9-31-17-7-2-4-14(10-17)12-26-20(29)18-13-27-28(19(18)21(23,24)25)16-6-3-5-15(22)11-16/h2-7,10-11,13H,8-9,12H2,1H3,(H,26,29). The quantitative estimate of drug-likeness (QED) is 0.510. The zero-order valence-electron chi connectivity index (χ0n) is 16.4. The van der Waals surface area contributed by atoms with Crippen LogP contribution in [0.2, 0.25) is 5.02 Å². The van der Waals surface area contributed by atoms with Gasteiger partial charge >= 0.3 is 6.18 Å². The van der Waals surface area contributed by atoms with E-state index < -0.39 is 23.3 Å². The molecule has 0 saturated heterocycles. The van der Waals surface area contributed by atoms with Crippen molar-refractivity contribution in [3.05, 3.63) is 76.6 Å². The van der Waals surface area contributed by atoms with E-state index in [9.17, 15) is 18.0 Å². The lowest BCUT2D eigenvalue weighted by Gasteiger charge is -2.13. The van der Waals surface area contributed by atoms with Gasteiger partial charge in [0.15, 0.2) is 5.69 Å². The first-order chi connectivity index (χ1) is 14.8. The smallest absolute Gasteiger partial charge is 0.434 e. The number of aromatic nitrogens is 2. The van der Waals surface area contributed by atoms with Gasteiger partial charge in [0, 0.05) is 18.7 Å². The van der Waals surface area contributed by atoms with Crippen LogP contribution in [-0.2, 0) is 17.5 Å². The molecule has 164 valence electrons. The summed E-state index contributed by atoms with van der Waals surface area (Å²) >= 11 is 5.88. The summed E-state index contributed by atoms with van der Waals surface area (Å²) in [4.78, 5) is 12.6. The maximum absolute atomic E-state index is 13.8. The van der Waals surface area contributed by atoms with Gasteiger partial charge in [0.1, 0.15) is 12.4 Å². The molecule has 3 aromatic rings. The van der Waals surface area contributed by atoms with Gasteiger partial charge in [-0.2, -0.15) is 18.3 Å². The Balaban J connectivity index is 1.79. The maximum Gasteiger partial charge on any atom is 0.434 e. The number of carbonyl (C=O) groups is 1. The van der Waals surface area contributed by atoms with Crippen LogP contribution in [0.15, 0.2) is 54.7 Å². The molecule has 1 N–H and O–H groups in total. The highest BCUT2D eigenvalue weighted by Gasteiger charge is 2.40. The molecule has 0 spiro atoms. The second-order valence-corrected chi connectivity index (χ2v) is 6.90. The number of methoxy groups -OCH3 is 1. The van der Waals surface area contributed by atoms with Gasteiger partial charge in [0.25, 0.3) is 5.91 Å². The van der Waals surface area contributed by atoms with Crippen molar-refractivity contribution >= 4 is 17.5 Å². The van der Waals surface area contributed by atoms with Gasteiger partial charge in [0.2, 0.25) is 0 Å². The molecule has 1 amide bonds. The molecule has 1 aromatic heterocycles. The van der Waals surface area contributed by atoms with Crippen molar-refractivity contribution in [1.29, 1.82) is 0 Å². The molecule has 3 rings (SSSR count). The van der Waals surface area contributed by atoms with Crippen molar-refractivity contribution in [1.82, 2.24) is 15.1 Å². The lowest BCUT2D eigenvalue weighted by Crippen LogP contribution is -2.26. The van der Waals surface area contributed by atoms with E-state index in [4.69, 9.17) is 21.1 Å². The number of benzene rings is 2. The number of carbonyl (C=O) groups excluding carboxylic acids is 1. The van der Waals surface area contributed by atoms with Crippen LogP contribution in [0.1, 0.15) is 21.6 Å². The van der Waals surface area contributed by atoms with Gasteiger partial charge in [-0.1, -0.05) is 29.8 Å². The van der Waals surface area contributed by atoms with Crippen LogP contribution in [0.25, 0.3) is 5.69 Å². The molecule has 0 atom stereocenters. The van der Waals surface area contributed by atoms with Crippen molar-refractivity contribution in [3.8, 4) is 11.4 Å². The number of nitrogens with one attached hydrogen (secondary N) is 1. The van der Waals surface area contributed by atoms with E-state index in [1.807, 2.05) is 0 Å². The summed E-state index contributed by atoms with van der Waals surface area (Å²) in [6.45, 7) is 0.779. The highest BCUT2D eigenvalue weighted by molar-refractivity contribution is 6.30. The summed E-state index contributed by atoms with van der Waals surface area (Å²) < 4.78 is 52.3. The van der Waals surface area contributed by atoms with Crippen LogP contribution < -0.4 is 10.1 Å². The Labute approximate surface area is 181 Å². The molecule has 0 aliphatic heterocycles. The van der Waals surface area contributed by atoms with Crippen molar-refractivity contribution in [3.63, 3.8) is 0 Å². The van der Waals surface area contributed by atoms with E-state index in [1.165, 1.54) is 24.3 Å². The number of ether oxygens (including phenoxy) is 2. The molecule has 1 heterocycles. The SMILES string of the molecule is COCCOc1cccc(CNC(=O)c2cnn(-c3cccc(Cl)c3)c2C(F)(F)F)c1. The topological polar surface area (TPSA) is 65.4 Å². The Morgan fingerprint density at radius 3 is 2.65 bits per heavy atom. The van der Waals surface area contributed by atoms with Crippen molar-refractivity contribution in [2.75, 3.05) is 20.3 Å². The van der Waals surface area contributed by atoms with Crippen LogP contribution in [0.5, 0.6) is 5.75 Å². The third-order valence-corrected chi connectivity index (χ3v) is 4.48. The fourth-order valence-electron chi connectivity index (χ4n) is 2.86. The maximum atomic E-state index is 13.8. The number of rotatable bonds is 8. The fraction of sp³-hybridized carbons (Fsp3) is 0.238. The summed E-state index contributed by atoms with van der Waals surface area (Å²) in [5.74, 6) is -0.333. The second kappa shape index (κ2) is 9.84. The van der Waals surface area contributed by atoms with Crippen LogP contribution in [0.4, 0.5) is 13.2 Å². The first-order valence-corrected chi connectivity index (χ1v) is 9.57. The molecule has 2 aromatic carbocycles. The van der Waals surface area contributed by atoms with Gasteiger partial charge in [-0.25, -0.2) is 4.68 Å². The normalized spacial score (nSPS) is 11.4. The molecule has 10 heteroatoms. The minimum absolute atomic E-state index is 0.0138. The number of nitrogens with zero attached hydrogens (tertiary/aromatic N) is 2. The Bertz CT molecular complexity index is 1050. The molecule has 6 nitrogen and oxygen atoms in total. The second-order valence-electron chi connectivity index (χ2n) is 6.47. The van der Waals surface area contributed by atoms with Crippen molar-refractivity contribution < 1.29 is 27.4 Å². The lowest BCUT2D eigenvalue weighted by atomic mass is 10.2. The summed E-state index contributed by atoms with van der Waals surface area (Å²) in [7, 11) is 1.55. The van der Waals surface area contributed by atoms with Crippen molar-refractivity contribution in [2.45, 2.75) is 12.7 Å². The summed E-state index contributed by atoms with van der Waals surface area (Å²) in [6.07, 6.45) is -3.91. The van der Waals surface area contributed by atoms with E-state index in [0.29, 0.717) is 29.2 Å². The number of amides is 1. The van der Waals surface area contributed by atoms with E-state index in [-0.39, 0.29) is 17.3 Å².